The SMILES string of the molecule is Cc1cnc(SCc2ccc(C#CCN)cc2)nc1. The minimum absolute atomic E-state index is 0.391. The van der Waals surface area contributed by atoms with Crippen molar-refractivity contribution in [3.63, 3.8) is 0 Å². The van der Waals surface area contributed by atoms with Crippen molar-refractivity contribution in [2.45, 2.75) is 17.8 Å². The van der Waals surface area contributed by atoms with Gasteiger partial charge in [0.25, 0.3) is 0 Å². The van der Waals surface area contributed by atoms with E-state index in [1.807, 2.05) is 31.5 Å². The second-order valence-corrected chi connectivity index (χ2v) is 4.98. The maximum absolute atomic E-state index is 5.34. The quantitative estimate of drug-likeness (QED) is 0.528. The Labute approximate surface area is 117 Å². The van der Waals surface area contributed by atoms with Crippen LogP contribution in [0.25, 0.3) is 0 Å². The van der Waals surface area contributed by atoms with Gasteiger partial charge in [0.15, 0.2) is 5.16 Å². The molecule has 1 aromatic heterocycles. The zero-order valence-electron chi connectivity index (χ0n) is 10.8. The molecular weight excluding hydrogens is 254 g/mol. The van der Waals surface area contributed by atoms with E-state index in [0.717, 1.165) is 22.0 Å². The van der Waals surface area contributed by atoms with Crippen LogP contribution in [0.3, 0.4) is 0 Å². The molecule has 0 unspecified atom stereocenters. The third-order valence-corrected chi connectivity index (χ3v) is 3.36. The van der Waals surface area contributed by atoms with Gasteiger partial charge in [-0.1, -0.05) is 35.7 Å². The van der Waals surface area contributed by atoms with Crippen molar-refractivity contribution in [2.24, 2.45) is 5.73 Å². The van der Waals surface area contributed by atoms with Gasteiger partial charge in [-0.25, -0.2) is 9.97 Å². The lowest BCUT2D eigenvalue weighted by molar-refractivity contribution is 0.949. The Hall–Kier alpha value is -1.83. The lowest BCUT2D eigenvalue weighted by atomic mass is 10.1. The summed E-state index contributed by atoms with van der Waals surface area (Å²) < 4.78 is 0. The fraction of sp³-hybridized carbons (Fsp3) is 0.200. The second-order valence-electron chi connectivity index (χ2n) is 4.03. The number of aryl methyl sites for hydroxylation is 1. The molecule has 96 valence electrons. The molecule has 0 radical (unpaired) electrons. The van der Waals surface area contributed by atoms with Crippen LogP contribution < -0.4 is 5.73 Å². The van der Waals surface area contributed by atoms with Crippen molar-refractivity contribution in [3.8, 4) is 11.8 Å². The van der Waals surface area contributed by atoms with Gasteiger partial charge < -0.3 is 5.73 Å². The van der Waals surface area contributed by atoms with Crippen molar-refractivity contribution < 1.29 is 0 Å². The third kappa shape index (κ3) is 4.40. The van der Waals surface area contributed by atoms with Crippen LogP contribution in [0.5, 0.6) is 0 Å². The van der Waals surface area contributed by atoms with Crippen molar-refractivity contribution in [2.75, 3.05) is 6.54 Å². The maximum Gasteiger partial charge on any atom is 0.187 e. The van der Waals surface area contributed by atoms with Crippen LogP contribution in [0.15, 0.2) is 41.8 Å². The lowest BCUT2D eigenvalue weighted by Crippen LogP contribution is -1.93. The van der Waals surface area contributed by atoms with Gasteiger partial charge >= 0.3 is 0 Å². The Morgan fingerprint density at radius 3 is 2.47 bits per heavy atom. The van der Waals surface area contributed by atoms with E-state index in [1.165, 1.54) is 5.56 Å². The summed E-state index contributed by atoms with van der Waals surface area (Å²) >= 11 is 1.63. The molecule has 4 heteroatoms. The molecular formula is C15H15N3S. The fourth-order valence-corrected chi connectivity index (χ4v) is 2.18. The summed E-state index contributed by atoms with van der Waals surface area (Å²) in [6.07, 6.45) is 3.67. The summed E-state index contributed by atoms with van der Waals surface area (Å²) in [5.41, 5.74) is 8.63. The molecule has 3 nitrogen and oxygen atoms in total. The predicted octanol–water partition coefficient (Wildman–Crippen LogP) is 2.39. The van der Waals surface area contributed by atoms with Crippen LogP contribution in [-0.2, 0) is 5.75 Å². The van der Waals surface area contributed by atoms with E-state index < -0.39 is 0 Å². The predicted molar refractivity (Wildman–Crippen MR) is 78.7 cm³/mol. The van der Waals surface area contributed by atoms with Crippen LogP contribution in [0.1, 0.15) is 16.7 Å². The van der Waals surface area contributed by atoms with E-state index in [0.29, 0.717) is 6.54 Å². The minimum Gasteiger partial charge on any atom is -0.320 e. The third-order valence-electron chi connectivity index (χ3n) is 2.41. The number of hydrogen-bond acceptors (Lipinski definition) is 4. The minimum atomic E-state index is 0.391. The number of thioether (sulfide) groups is 1. The van der Waals surface area contributed by atoms with Crippen LogP contribution in [0, 0.1) is 18.8 Å². The lowest BCUT2D eigenvalue weighted by Gasteiger charge is -2.01. The van der Waals surface area contributed by atoms with Gasteiger partial charge in [-0.3, -0.25) is 0 Å². The summed E-state index contributed by atoms with van der Waals surface area (Å²) in [4.78, 5) is 8.53. The van der Waals surface area contributed by atoms with Gasteiger partial charge in [0.2, 0.25) is 0 Å². The summed E-state index contributed by atoms with van der Waals surface area (Å²) in [5.74, 6) is 6.70. The smallest absolute Gasteiger partial charge is 0.187 e. The first kappa shape index (κ1) is 13.6. The standard InChI is InChI=1S/C15H15N3S/c1-12-9-17-15(18-10-12)19-11-14-6-4-13(5-7-14)3-2-8-16/h4-7,9-10H,8,11,16H2,1H3. The van der Waals surface area contributed by atoms with Crippen molar-refractivity contribution in [3.05, 3.63) is 53.3 Å². The Kier molecular flexibility index (Phi) is 4.96. The Balaban J connectivity index is 1.94. The van der Waals surface area contributed by atoms with Gasteiger partial charge in [0.1, 0.15) is 0 Å². The molecule has 0 aliphatic carbocycles. The van der Waals surface area contributed by atoms with E-state index in [2.05, 4.69) is 33.9 Å². The summed E-state index contributed by atoms with van der Waals surface area (Å²) in [6, 6.07) is 8.16. The van der Waals surface area contributed by atoms with E-state index in [1.54, 1.807) is 11.8 Å². The number of benzene rings is 1. The highest BCUT2D eigenvalue weighted by Crippen LogP contribution is 2.18. The molecule has 0 atom stereocenters. The zero-order chi connectivity index (χ0) is 13.5. The summed E-state index contributed by atoms with van der Waals surface area (Å²) in [5, 5.41) is 0.803. The zero-order valence-corrected chi connectivity index (χ0v) is 11.6. The molecule has 2 rings (SSSR count). The van der Waals surface area contributed by atoms with Crippen LogP contribution in [0.2, 0.25) is 0 Å². The Bertz CT molecular complexity index is 580. The van der Waals surface area contributed by atoms with E-state index in [9.17, 15) is 0 Å². The molecule has 0 saturated carbocycles. The first-order valence-electron chi connectivity index (χ1n) is 5.97. The first-order valence-corrected chi connectivity index (χ1v) is 6.96. The van der Waals surface area contributed by atoms with Gasteiger partial charge in [0.05, 0.1) is 6.54 Å². The summed E-state index contributed by atoms with van der Waals surface area (Å²) in [7, 11) is 0. The monoisotopic (exact) mass is 269 g/mol. The van der Waals surface area contributed by atoms with Gasteiger partial charge in [0, 0.05) is 23.7 Å². The highest BCUT2D eigenvalue weighted by atomic mass is 32.2. The number of hydrogen-bond donors (Lipinski definition) is 1. The average Bonchev–Trinajstić information content (AvgIpc) is 2.46. The molecule has 1 heterocycles. The van der Waals surface area contributed by atoms with Crippen LogP contribution in [0.4, 0.5) is 0 Å². The molecule has 0 aliphatic heterocycles. The molecule has 0 spiro atoms. The van der Waals surface area contributed by atoms with Crippen molar-refractivity contribution >= 4 is 11.8 Å². The highest BCUT2D eigenvalue weighted by molar-refractivity contribution is 7.98. The van der Waals surface area contributed by atoms with Crippen LogP contribution in [-0.4, -0.2) is 16.5 Å². The maximum atomic E-state index is 5.34. The molecule has 0 fully saturated rings. The molecule has 0 bridgehead atoms. The molecule has 0 aliphatic rings. The van der Waals surface area contributed by atoms with E-state index in [4.69, 9.17) is 5.73 Å². The first-order chi connectivity index (χ1) is 9.28. The molecule has 2 aromatic rings. The summed E-state index contributed by atoms with van der Waals surface area (Å²) in [6.45, 7) is 2.37. The van der Waals surface area contributed by atoms with E-state index in [-0.39, 0.29) is 0 Å². The van der Waals surface area contributed by atoms with Crippen molar-refractivity contribution in [1.82, 2.24) is 9.97 Å². The van der Waals surface area contributed by atoms with Crippen molar-refractivity contribution in [1.29, 1.82) is 0 Å². The highest BCUT2D eigenvalue weighted by Gasteiger charge is 1.99. The van der Waals surface area contributed by atoms with E-state index >= 15 is 0 Å². The van der Waals surface area contributed by atoms with Gasteiger partial charge in [-0.2, -0.15) is 0 Å². The Morgan fingerprint density at radius 2 is 1.84 bits per heavy atom. The fourth-order valence-electron chi connectivity index (χ4n) is 1.44. The Morgan fingerprint density at radius 1 is 1.16 bits per heavy atom. The normalized spacial score (nSPS) is 9.79. The molecule has 1 aromatic carbocycles. The van der Waals surface area contributed by atoms with Gasteiger partial charge in [-0.05, 0) is 30.2 Å². The average molecular weight is 269 g/mol. The second kappa shape index (κ2) is 6.93. The molecule has 19 heavy (non-hydrogen) atoms. The topological polar surface area (TPSA) is 51.8 Å². The van der Waals surface area contributed by atoms with Crippen LogP contribution >= 0.6 is 11.8 Å². The number of nitrogens with two attached hydrogens (primary N) is 1. The van der Waals surface area contributed by atoms with Gasteiger partial charge in [-0.15, -0.1) is 0 Å². The molecule has 0 amide bonds. The number of nitrogens with zero attached hydrogens (tertiary/aromatic N) is 2. The molecule has 0 saturated heterocycles. The number of rotatable bonds is 3. The number of aromatic nitrogens is 2. The molecule has 2 N–H and O–H groups in total. The largest absolute Gasteiger partial charge is 0.320 e.